The summed E-state index contributed by atoms with van der Waals surface area (Å²) >= 11 is 5.99. The van der Waals surface area contributed by atoms with Gasteiger partial charge >= 0.3 is 0 Å². The molecule has 140 valence electrons. The molecular formula is C18H20ClFIN3O2. The first-order valence-corrected chi connectivity index (χ1v) is 8.41. The van der Waals surface area contributed by atoms with E-state index in [1.807, 2.05) is 18.2 Å². The van der Waals surface area contributed by atoms with E-state index in [-0.39, 0.29) is 35.8 Å². The van der Waals surface area contributed by atoms with Crippen molar-refractivity contribution in [2.75, 3.05) is 25.1 Å². The van der Waals surface area contributed by atoms with Crippen molar-refractivity contribution < 1.29 is 13.9 Å². The Bertz CT molecular complexity index is 769. The number of ether oxygens (including phenoxy) is 2. The summed E-state index contributed by atoms with van der Waals surface area (Å²) in [4.78, 5) is 4.21. The van der Waals surface area contributed by atoms with Gasteiger partial charge in [-0.2, -0.15) is 0 Å². The highest BCUT2D eigenvalue weighted by Crippen LogP contribution is 2.32. The highest BCUT2D eigenvalue weighted by Gasteiger charge is 2.11. The lowest BCUT2D eigenvalue weighted by Crippen LogP contribution is -2.23. The van der Waals surface area contributed by atoms with E-state index < -0.39 is 0 Å². The zero-order valence-electron chi connectivity index (χ0n) is 14.0. The topological polar surface area (TPSA) is 68.9 Å². The Labute approximate surface area is 173 Å². The average Bonchev–Trinajstić information content (AvgIpc) is 2.82. The van der Waals surface area contributed by atoms with Crippen LogP contribution < -0.4 is 20.5 Å². The number of hydrogen-bond acceptors (Lipinski definition) is 3. The highest BCUT2D eigenvalue weighted by atomic mass is 127. The molecule has 0 unspecified atom stereocenters. The SMILES string of the molecule is I.NC(=NCCc1c(F)cccc1Cl)Nc1ccc2c(c1)OCCCO2. The van der Waals surface area contributed by atoms with E-state index >= 15 is 0 Å². The number of guanidine groups is 1. The van der Waals surface area contributed by atoms with Gasteiger partial charge in [-0.3, -0.25) is 4.99 Å². The lowest BCUT2D eigenvalue weighted by Gasteiger charge is -2.11. The number of anilines is 1. The van der Waals surface area contributed by atoms with Crippen molar-refractivity contribution >= 4 is 47.2 Å². The summed E-state index contributed by atoms with van der Waals surface area (Å²) < 4.78 is 24.9. The minimum absolute atomic E-state index is 0. The Morgan fingerprint density at radius 2 is 1.96 bits per heavy atom. The van der Waals surface area contributed by atoms with Crippen LogP contribution in [0.5, 0.6) is 11.5 Å². The van der Waals surface area contributed by atoms with Gasteiger partial charge in [-0.1, -0.05) is 17.7 Å². The molecule has 26 heavy (non-hydrogen) atoms. The molecule has 0 bridgehead atoms. The quantitative estimate of drug-likeness (QED) is 0.382. The number of fused-ring (bicyclic) bond motifs is 1. The molecule has 8 heteroatoms. The Kier molecular flexibility index (Phi) is 7.77. The number of nitrogens with zero attached hydrogens (tertiary/aromatic N) is 1. The van der Waals surface area contributed by atoms with E-state index in [4.69, 9.17) is 26.8 Å². The van der Waals surface area contributed by atoms with Gasteiger partial charge in [0.25, 0.3) is 0 Å². The van der Waals surface area contributed by atoms with Gasteiger partial charge in [0.05, 0.1) is 13.2 Å². The maximum absolute atomic E-state index is 13.7. The van der Waals surface area contributed by atoms with Crippen LogP contribution in [0, 0.1) is 5.82 Å². The second-order valence-corrected chi connectivity index (χ2v) is 5.96. The smallest absolute Gasteiger partial charge is 0.193 e. The molecule has 1 aliphatic heterocycles. The van der Waals surface area contributed by atoms with E-state index in [1.165, 1.54) is 6.07 Å². The number of benzene rings is 2. The van der Waals surface area contributed by atoms with E-state index in [0.717, 1.165) is 12.1 Å². The molecule has 0 radical (unpaired) electrons. The summed E-state index contributed by atoms with van der Waals surface area (Å²) in [5.41, 5.74) is 7.08. The summed E-state index contributed by atoms with van der Waals surface area (Å²) in [6, 6.07) is 10.1. The summed E-state index contributed by atoms with van der Waals surface area (Å²) in [5.74, 6) is 1.29. The molecule has 0 aliphatic carbocycles. The van der Waals surface area contributed by atoms with Gasteiger partial charge in [-0.15, -0.1) is 24.0 Å². The summed E-state index contributed by atoms with van der Waals surface area (Å²) in [5, 5.41) is 3.39. The lowest BCUT2D eigenvalue weighted by atomic mass is 10.1. The first-order chi connectivity index (χ1) is 12.1. The van der Waals surface area contributed by atoms with Crippen LogP contribution in [0.3, 0.4) is 0 Å². The van der Waals surface area contributed by atoms with Crippen LogP contribution in [-0.2, 0) is 6.42 Å². The Balaban J connectivity index is 0.00000243. The molecule has 0 saturated heterocycles. The third-order valence-corrected chi connectivity index (χ3v) is 4.08. The van der Waals surface area contributed by atoms with Gasteiger partial charge in [-0.25, -0.2) is 4.39 Å². The molecular weight excluding hydrogens is 472 g/mol. The molecule has 2 aromatic rings. The number of halogens is 3. The van der Waals surface area contributed by atoms with Gasteiger partial charge in [0.15, 0.2) is 17.5 Å². The van der Waals surface area contributed by atoms with Crippen molar-refractivity contribution in [1.82, 2.24) is 0 Å². The normalized spacial score (nSPS) is 13.5. The van der Waals surface area contributed by atoms with Crippen LogP contribution in [0.15, 0.2) is 41.4 Å². The summed E-state index contributed by atoms with van der Waals surface area (Å²) in [6.45, 7) is 1.58. The molecule has 3 N–H and O–H groups in total. The van der Waals surface area contributed by atoms with Gasteiger partial charge < -0.3 is 20.5 Å². The number of nitrogens with two attached hydrogens (primary N) is 1. The molecule has 0 atom stereocenters. The van der Waals surface area contributed by atoms with Gasteiger partial charge in [0, 0.05) is 35.3 Å². The molecule has 5 nitrogen and oxygen atoms in total. The van der Waals surface area contributed by atoms with Crippen LogP contribution in [-0.4, -0.2) is 25.7 Å². The predicted octanol–water partition coefficient (Wildman–Crippen LogP) is 4.23. The van der Waals surface area contributed by atoms with Crippen LogP contribution in [0.4, 0.5) is 10.1 Å². The second kappa shape index (κ2) is 9.82. The molecule has 1 aliphatic rings. The first kappa shape index (κ1) is 20.6. The highest BCUT2D eigenvalue weighted by molar-refractivity contribution is 14.0. The summed E-state index contributed by atoms with van der Waals surface area (Å²) in [7, 11) is 0. The van der Waals surface area contributed by atoms with Crippen LogP contribution in [0.25, 0.3) is 0 Å². The fraction of sp³-hybridized carbons (Fsp3) is 0.278. The van der Waals surface area contributed by atoms with Crippen molar-refractivity contribution in [1.29, 1.82) is 0 Å². The Morgan fingerprint density at radius 3 is 2.73 bits per heavy atom. The summed E-state index contributed by atoms with van der Waals surface area (Å²) in [6.07, 6.45) is 1.22. The molecule has 1 heterocycles. The van der Waals surface area contributed by atoms with Crippen molar-refractivity contribution in [2.24, 2.45) is 10.7 Å². The maximum atomic E-state index is 13.7. The minimum atomic E-state index is -0.336. The van der Waals surface area contributed by atoms with E-state index in [1.54, 1.807) is 12.1 Å². The van der Waals surface area contributed by atoms with E-state index in [9.17, 15) is 4.39 Å². The lowest BCUT2D eigenvalue weighted by molar-refractivity contribution is 0.297. The van der Waals surface area contributed by atoms with Gasteiger partial charge in [0.2, 0.25) is 0 Å². The molecule has 0 saturated carbocycles. The zero-order chi connectivity index (χ0) is 17.6. The van der Waals surface area contributed by atoms with E-state index in [2.05, 4.69) is 10.3 Å². The minimum Gasteiger partial charge on any atom is -0.490 e. The Morgan fingerprint density at radius 1 is 1.19 bits per heavy atom. The van der Waals surface area contributed by atoms with Crippen molar-refractivity contribution in [3.8, 4) is 11.5 Å². The molecule has 0 aromatic heterocycles. The van der Waals surface area contributed by atoms with E-state index in [0.29, 0.717) is 48.3 Å². The largest absolute Gasteiger partial charge is 0.490 e. The molecule has 2 aromatic carbocycles. The molecule has 3 rings (SSSR count). The zero-order valence-corrected chi connectivity index (χ0v) is 17.1. The standard InChI is InChI=1S/C18H19ClFN3O2.HI/c19-14-3-1-4-15(20)13(14)7-8-22-18(21)23-12-5-6-16-17(11-12)25-10-2-9-24-16;/h1,3-6,11H,2,7-10H2,(H3,21,22,23);1H. The van der Waals surface area contributed by atoms with Crippen molar-refractivity contribution in [3.63, 3.8) is 0 Å². The van der Waals surface area contributed by atoms with Crippen molar-refractivity contribution in [3.05, 3.63) is 52.8 Å². The predicted molar refractivity (Wildman–Crippen MR) is 113 cm³/mol. The third-order valence-electron chi connectivity index (χ3n) is 3.73. The maximum Gasteiger partial charge on any atom is 0.193 e. The van der Waals surface area contributed by atoms with Crippen LogP contribution >= 0.6 is 35.6 Å². The Hall–Kier alpha value is -1.74. The number of nitrogens with one attached hydrogen (secondary N) is 1. The fourth-order valence-corrected chi connectivity index (χ4v) is 2.75. The fourth-order valence-electron chi connectivity index (χ4n) is 2.49. The second-order valence-electron chi connectivity index (χ2n) is 5.55. The average molecular weight is 492 g/mol. The monoisotopic (exact) mass is 491 g/mol. The molecule has 0 amide bonds. The van der Waals surface area contributed by atoms with Gasteiger partial charge in [0.1, 0.15) is 5.82 Å². The van der Waals surface area contributed by atoms with Crippen LogP contribution in [0.1, 0.15) is 12.0 Å². The first-order valence-electron chi connectivity index (χ1n) is 8.03. The molecule has 0 spiro atoms. The number of hydrogen-bond donors (Lipinski definition) is 2. The molecule has 0 fully saturated rings. The van der Waals surface area contributed by atoms with Crippen molar-refractivity contribution in [2.45, 2.75) is 12.8 Å². The number of aliphatic imine (C=N–C) groups is 1. The third kappa shape index (κ3) is 5.38. The number of rotatable bonds is 4. The van der Waals surface area contributed by atoms with Gasteiger partial charge in [-0.05, 0) is 30.7 Å². The van der Waals surface area contributed by atoms with Crippen LogP contribution in [0.2, 0.25) is 5.02 Å².